The van der Waals surface area contributed by atoms with Crippen molar-refractivity contribution in [3.63, 3.8) is 0 Å². The van der Waals surface area contributed by atoms with E-state index < -0.39 is 0 Å². The van der Waals surface area contributed by atoms with Crippen LogP contribution >= 0.6 is 11.3 Å². The van der Waals surface area contributed by atoms with Gasteiger partial charge < -0.3 is 15.5 Å². The summed E-state index contributed by atoms with van der Waals surface area (Å²) < 4.78 is 6.39. The summed E-state index contributed by atoms with van der Waals surface area (Å²) in [5.41, 5.74) is 8.63. The van der Waals surface area contributed by atoms with E-state index in [0.717, 1.165) is 32.4 Å². The summed E-state index contributed by atoms with van der Waals surface area (Å²) in [5.74, 6) is 0.879. The first-order chi connectivity index (χ1) is 8.72. The van der Waals surface area contributed by atoms with E-state index in [0.29, 0.717) is 6.54 Å². The molecule has 1 aromatic carbocycles. The molecule has 18 heavy (non-hydrogen) atoms. The molecule has 0 aliphatic heterocycles. The highest BCUT2D eigenvalue weighted by Gasteiger charge is 2.06. The Labute approximate surface area is 108 Å². The maximum Gasteiger partial charge on any atom is 0.122 e. The molecule has 0 atom stereocenters. The molecule has 0 aliphatic rings. The number of aromatic nitrogens is 1. The van der Waals surface area contributed by atoms with Crippen LogP contribution in [0, 0.1) is 6.92 Å². The van der Waals surface area contributed by atoms with Crippen LogP contribution in [0.5, 0.6) is 0 Å². The fraction of sp³-hybridized carbons (Fsp3) is 0.154. The number of nitrogens with one attached hydrogen (secondary N) is 1. The molecule has 0 saturated heterocycles. The summed E-state index contributed by atoms with van der Waals surface area (Å²) in [6.45, 7) is 2.61. The molecule has 3 N–H and O–H groups in total. The lowest BCUT2D eigenvalue weighted by Crippen LogP contribution is -2.01. The average Bonchev–Trinajstić information content (AvgIpc) is 2.94. The zero-order valence-corrected chi connectivity index (χ0v) is 10.8. The molecule has 0 amide bonds. The van der Waals surface area contributed by atoms with Gasteiger partial charge in [-0.15, -0.1) is 11.3 Å². The van der Waals surface area contributed by atoms with Gasteiger partial charge in [0.2, 0.25) is 0 Å². The number of furan rings is 1. The van der Waals surface area contributed by atoms with Crippen LogP contribution < -0.4 is 11.1 Å². The van der Waals surface area contributed by atoms with E-state index in [1.807, 2.05) is 31.2 Å². The molecule has 0 aliphatic carbocycles. The summed E-state index contributed by atoms with van der Waals surface area (Å²) in [6, 6.07) is 7.74. The third-order valence-electron chi connectivity index (χ3n) is 2.70. The number of thiazole rings is 1. The van der Waals surface area contributed by atoms with Gasteiger partial charge in [0.1, 0.15) is 5.76 Å². The van der Waals surface area contributed by atoms with Gasteiger partial charge in [0, 0.05) is 0 Å². The molecule has 0 bridgehead atoms. The molecule has 0 saturated carbocycles. The number of fused-ring (bicyclic) bond motifs is 1. The van der Waals surface area contributed by atoms with E-state index in [1.165, 1.54) is 0 Å². The van der Waals surface area contributed by atoms with Crippen molar-refractivity contribution in [2.75, 3.05) is 11.1 Å². The van der Waals surface area contributed by atoms with Crippen LogP contribution in [0.4, 0.5) is 11.4 Å². The smallest absolute Gasteiger partial charge is 0.122 e. The fourth-order valence-electron chi connectivity index (χ4n) is 1.85. The number of hydrogen-bond acceptors (Lipinski definition) is 5. The van der Waals surface area contributed by atoms with Gasteiger partial charge in [0.05, 0.1) is 39.4 Å². The predicted molar refractivity (Wildman–Crippen MR) is 74.8 cm³/mol. The van der Waals surface area contributed by atoms with Crippen molar-refractivity contribution in [1.29, 1.82) is 0 Å². The maximum atomic E-state index is 6.02. The van der Waals surface area contributed by atoms with Gasteiger partial charge in [-0.2, -0.15) is 0 Å². The first-order valence-corrected chi connectivity index (χ1v) is 6.47. The lowest BCUT2D eigenvalue weighted by atomic mass is 10.2. The highest BCUT2D eigenvalue weighted by Crippen LogP contribution is 2.29. The van der Waals surface area contributed by atoms with Gasteiger partial charge in [0.15, 0.2) is 0 Å². The minimum atomic E-state index is 0.617. The van der Waals surface area contributed by atoms with Gasteiger partial charge >= 0.3 is 0 Å². The van der Waals surface area contributed by atoms with Crippen molar-refractivity contribution < 1.29 is 4.42 Å². The molecule has 0 fully saturated rings. The number of nitrogens with two attached hydrogens (primary N) is 1. The monoisotopic (exact) mass is 259 g/mol. The minimum Gasteiger partial charge on any atom is -0.467 e. The number of nitrogens with zero attached hydrogens (tertiary/aromatic N) is 1. The second-order valence-electron chi connectivity index (χ2n) is 4.07. The van der Waals surface area contributed by atoms with Crippen molar-refractivity contribution in [2.45, 2.75) is 13.5 Å². The van der Waals surface area contributed by atoms with Crippen LogP contribution in [-0.4, -0.2) is 4.98 Å². The summed E-state index contributed by atoms with van der Waals surface area (Å²) in [7, 11) is 0. The van der Waals surface area contributed by atoms with Crippen molar-refractivity contribution >= 4 is 32.9 Å². The number of anilines is 2. The molecule has 0 radical (unpaired) electrons. The zero-order chi connectivity index (χ0) is 12.5. The van der Waals surface area contributed by atoms with Crippen molar-refractivity contribution in [2.24, 2.45) is 0 Å². The Morgan fingerprint density at radius 2 is 2.33 bits per heavy atom. The number of nitrogen functional groups attached to an aromatic ring is 1. The Kier molecular flexibility index (Phi) is 2.68. The van der Waals surface area contributed by atoms with Crippen LogP contribution in [0.15, 0.2) is 34.9 Å². The summed E-state index contributed by atoms with van der Waals surface area (Å²) in [4.78, 5) is 4.46. The number of aryl methyl sites for hydroxylation is 1. The van der Waals surface area contributed by atoms with E-state index in [1.54, 1.807) is 17.6 Å². The van der Waals surface area contributed by atoms with Gasteiger partial charge in [-0.3, -0.25) is 0 Å². The van der Waals surface area contributed by atoms with Crippen molar-refractivity contribution in [3.05, 3.63) is 41.3 Å². The third-order valence-corrected chi connectivity index (χ3v) is 3.63. The molecule has 5 heteroatoms. The largest absolute Gasteiger partial charge is 0.467 e. The van der Waals surface area contributed by atoms with Gasteiger partial charge in [-0.25, -0.2) is 4.98 Å². The van der Waals surface area contributed by atoms with Crippen LogP contribution in [0.2, 0.25) is 0 Å². The van der Waals surface area contributed by atoms with E-state index in [4.69, 9.17) is 10.2 Å². The summed E-state index contributed by atoms with van der Waals surface area (Å²) in [6.07, 6.45) is 1.66. The topological polar surface area (TPSA) is 64.1 Å². The second-order valence-corrected chi connectivity index (χ2v) is 5.31. The zero-order valence-electron chi connectivity index (χ0n) is 9.93. The predicted octanol–water partition coefficient (Wildman–Crippen LogP) is 3.39. The summed E-state index contributed by atoms with van der Waals surface area (Å²) in [5, 5.41) is 4.31. The average molecular weight is 259 g/mol. The highest BCUT2D eigenvalue weighted by atomic mass is 32.1. The molecule has 3 rings (SSSR count). The molecule has 2 aromatic heterocycles. The molecule has 4 nitrogen and oxygen atoms in total. The summed E-state index contributed by atoms with van der Waals surface area (Å²) >= 11 is 1.65. The number of rotatable bonds is 3. The third kappa shape index (κ3) is 2.04. The van der Waals surface area contributed by atoms with E-state index >= 15 is 0 Å². The molecule has 3 aromatic rings. The maximum absolute atomic E-state index is 6.02. The van der Waals surface area contributed by atoms with Crippen molar-refractivity contribution in [1.82, 2.24) is 4.98 Å². The van der Waals surface area contributed by atoms with Gasteiger partial charge in [-0.05, 0) is 31.2 Å². The van der Waals surface area contributed by atoms with Crippen LogP contribution in [0.1, 0.15) is 10.8 Å². The molecular weight excluding hydrogens is 246 g/mol. The Bertz CT molecular complexity index is 673. The quantitative estimate of drug-likeness (QED) is 0.708. The number of hydrogen-bond donors (Lipinski definition) is 2. The van der Waals surface area contributed by atoms with Crippen LogP contribution in [0.3, 0.4) is 0 Å². The Morgan fingerprint density at radius 1 is 1.44 bits per heavy atom. The minimum absolute atomic E-state index is 0.617. The lowest BCUT2D eigenvalue weighted by Gasteiger charge is -2.07. The standard InChI is InChI=1S/C13H13N3OS/c1-8-16-12-6-11(10(14)5-13(12)18-8)15-7-9-3-2-4-17-9/h2-6,15H,7,14H2,1H3. The van der Waals surface area contributed by atoms with Crippen molar-refractivity contribution in [3.8, 4) is 0 Å². The Balaban J connectivity index is 1.88. The van der Waals surface area contributed by atoms with Gasteiger partial charge in [-0.1, -0.05) is 0 Å². The Hall–Kier alpha value is -2.01. The SMILES string of the molecule is Cc1nc2cc(NCc3ccco3)c(N)cc2s1. The normalized spacial score (nSPS) is 10.9. The van der Waals surface area contributed by atoms with E-state index in [-0.39, 0.29) is 0 Å². The number of benzene rings is 1. The van der Waals surface area contributed by atoms with Crippen LogP contribution in [-0.2, 0) is 6.54 Å². The molecule has 92 valence electrons. The van der Waals surface area contributed by atoms with Gasteiger partial charge in [0.25, 0.3) is 0 Å². The molecule has 0 spiro atoms. The van der Waals surface area contributed by atoms with E-state index in [9.17, 15) is 0 Å². The Morgan fingerprint density at radius 3 is 3.11 bits per heavy atom. The molecule has 0 unspecified atom stereocenters. The lowest BCUT2D eigenvalue weighted by molar-refractivity contribution is 0.518. The second kappa shape index (κ2) is 4.34. The van der Waals surface area contributed by atoms with E-state index in [2.05, 4.69) is 10.3 Å². The molecular formula is C13H13N3OS. The van der Waals surface area contributed by atoms with Crippen LogP contribution in [0.25, 0.3) is 10.2 Å². The highest BCUT2D eigenvalue weighted by molar-refractivity contribution is 7.18. The first-order valence-electron chi connectivity index (χ1n) is 5.65. The first kappa shape index (κ1) is 11.1. The fourth-order valence-corrected chi connectivity index (χ4v) is 2.71. The molecule has 2 heterocycles.